The zero-order valence-corrected chi connectivity index (χ0v) is 28.4. The lowest BCUT2D eigenvalue weighted by Crippen LogP contribution is -2.61. The van der Waals surface area contributed by atoms with Crippen LogP contribution >= 0.6 is 0 Å². The van der Waals surface area contributed by atoms with Crippen LogP contribution < -0.4 is 14.4 Å². The van der Waals surface area contributed by atoms with Gasteiger partial charge in [-0.1, -0.05) is 0 Å². The van der Waals surface area contributed by atoms with Crippen molar-refractivity contribution in [1.82, 2.24) is 24.5 Å². The second-order valence-corrected chi connectivity index (χ2v) is 15.7. The van der Waals surface area contributed by atoms with Gasteiger partial charge in [-0.2, -0.15) is 0 Å². The van der Waals surface area contributed by atoms with Crippen LogP contribution in [0, 0.1) is 11.2 Å². The average Bonchev–Trinajstić information content (AvgIpc) is 3.56. The normalized spacial score (nSPS) is 24.8. The second kappa shape index (κ2) is 14.3. The molecule has 6 rings (SSSR count). The highest BCUT2D eigenvalue weighted by atomic mass is 32.2. The molecular formula is C33H47FN6O6S. The van der Waals surface area contributed by atoms with Gasteiger partial charge in [0, 0.05) is 43.7 Å². The number of rotatable bonds is 11. The topological polar surface area (TPSA) is 126 Å². The van der Waals surface area contributed by atoms with Crippen molar-refractivity contribution in [2.75, 3.05) is 63.2 Å². The van der Waals surface area contributed by atoms with Gasteiger partial charge in [-0.15, -0.1) is 0 Å². The minimum Gasteiger partial charge on any atom is -0.451 e. The highest BCUT2D eigenvalue weighted by Gasteiger charge is 2.46. The van der Waals surface area contributed by atoms with Gasteiger partial charge in [0.2, 0.25) is 10.0 Å². The van der Waals surface area contributed by atoms with E-state index >= 15 is 0 Å². The minimum absolute atomic E-state index is 0.0746. The fourth-order valence-electron chi connectivity index (χ4n) is 7.31. The van der Waals surface area contributed by atoms with Crippen molar-refractivity contribution in [2.45, 2.75) is 77.1 Å². The number of halogens is 1. The smallest absolute Gasteiger partial charge is 0.258 e. The van der Waals surface area contributed by atoms with Crippen molar-refractivity contribution in [3.05, 3.63) is 42.1 Å². The second-order valence-electron chi connectivity index (χ2n) is 13.7. The number of anilines is 1. The number of hydrogen-bond acceptors (Lipinski definition) is 10. The summed E-state index contributed by atoms with van der Waals surface area (Å²) in [5.74, 6) is 0.623. The van der Waals surface area contributed by atoms with Crippen LogP contribution in [0.2, 0.25) is 0 Å². The summed E-state index contributed by atoms with van der Waals surface area (Å²) < 4.78 is 58.9. The fraction of sp³-hybridized carbons (Fsp3) is 0.667. The zero-order valence-electron chi connectivity index (χ0n) is 27.6. The number of aromatic nitrogens is 2. The molecule has 0 radical (unpaired) electrons. The van der Waals surface area contributed by atoms with E-state index in [1.54, 1.807) is 18.0 Å². The molecule has 1 aromatic carbocycles. The lowest BCUT2D eigenvalue weighted by Gasteiger charge is -2.54. The molecule has 1 N–H and O–H groups in total. The predicted molar refractivity (Wildman–Crippen MR) is 175 cm³/mol. The van der Waals surface area contributed by atoms with Crippen molar-refractivity contribution in [2.24, 2.45) is 5.41 Å². The zero-order chi connectivity index (χ0) is 33.2. The predicted octanol–water partition coefficient (Wildman–Crippen LogP) is 3.44. The van der Waals surface area contributed by atoms with Crippen molar-refractivity contribution in [3.8, 4) is 11.5 Å². The summed E-state index contributed by atoms with van der Waals surface area (Å²) in [5, 5.41) is 0. The van der Waals surface area contributed by atoms with E-state index in [0.717, 1.165) is 64.8 Å². The van der Waals surface area contributed by atoms with Gasteiger partial charge in [0.25, 0.3) is 5.91 Å². The van der Waals surface area contributed by atoms with Gasteiger partial charge in [-0.05, 0) is 84.2 Å². The Hall–Kier alpha value is -2.91. The molecule has 4 fully saturated rings. The molecule has 0 bridgehead atoms. The molecule has 1 aromatic heterocycles. The van der Waals surface area contributed by atoms with E-state index < -0.39 is 15.8 Å². The number of carbonyl (C=O) groups is 1. The Morgan fingerprint density at radius 3 is 2.62 bits per heavy atom. The first-order valence-electron chi connectivity index (χ1n) is 16.8. The third-order valence-electron chi connectivity index (χ3n) is 9.97. The Labute approximate surface area is 277 Å². The van der Waals surface area contributed by atoms with Gasteiger partial charge < -0.3 is 28.9 Å². The lowest BCUT2D eigenvalue weighted by molar-refractivity contribution is -0.0299. The third kappa shape index (κ3) is 7.88. The molecule has 1 spiro atoms. The van der Waals surface area contributed by atoms with Gasteiger partial charge in [0.05, 0.1) is 42.9 Å². The van der Waals surface area contributed by atoms with Crippen LogP contribution in [0.4, 0.5) is 10.2 Å². The van der Waals surface area contributed by atoms with Crippen LogP contribution in [-0.4, -0.2) is 117 Å². The van der Waals surface area contributed by atoms with Gasteiger partial charge in [0.1, 0.15) is 17.9 Å². The lowest BCUT2D eigenvalue weighted by atomic mass is 9.72. The Morgan fingerprint density at radius 2 is 1.96 bits per heavy atom. The molecule has 47 heavy (non-hydrogen) atoms. The SMILES string of the molecule is CCS(=O)(=O)N[C@@H]1CC[C@@H](CN2CCC3(CC2)CN(c2ncncc2Oc2ccc(F)cc2C(=O)N(C(C)C)[C@H]2CCOC2)C3)OC1. The number of nitrogens with zero attached hydrogens (tertiary/aromatic N) is 5. The van der Waals surface area contributed by atoms with Crippen molar-refractivity contribution in [1.29, 1.82) is 0 Å². The molecule has 258 valence electrons. The van der Waals surface area contributed by atoms with Crippen LogP contribution in [0.5, 0.6) is 11.5 Å². The summed E-state index contributed by atoms with van der Waals surface area (Å²) in [4.78, 5) is 29.0. The number of hydrogen-bond donors (Lipinski definition) is 1. The number of amides is 1. The van der Waals surface area contributed by atoms with E-state index in [2.05, 4.69) is 24.5 Å². The maximum absolute atomic E-state index is 14.5. The molecule has 2 aromatic rings. The minimum atomic E-state index is -3.23. The maximum Gasteiger partial charge on any atom is 0.258 e. The maximum atomic E-state index is 14.5. The summed E-state index contributed by atoms with van der Waals surface area (Å²) >= 11 is 0. The van der Waals surface area contributed by atoms with E-state index in [1.165, 1.54) is 24.5 Å². The van der Waals surface area contributed by atoms with Gasteiger partial charge >= 0.3 is 0 Å². The molecule has 0 unspecified atom stereocenters. The number of piperidine rings is 1. The van der Waals surface area contributed by atoms with Crippen LogP contribution in [0.25, 0.3) is 0 Å². The summed E-state index contributed by atoms with van der Waals surface area (Å²) in [6.07, 6.45) is 7.70. The summed E-state index contributed by atoms with van der Waals surface area (Å²) in [6, 6.07) is 3.72. The highest BCUT2D eigenvalue weighted by molar-refractivity contribution is 7.89. The number of nitrogens with one attached hydrogen (secondary N) is 1. The van der Waals surface area contributed by atoms with Gasteiger partial charge in [-0.25, -0.2) is 27.5 Å². The Balaban J connectivity index is 1.05. The van der Waals surface area contributed by atoms with Gasteiger partial charge in [-0.3, -0.25) is 4.79 Å². The summed E-state index contributed by atoms with van der Waals surface area (Å²) in [5.41, 5.74) is 0.348. The number of sulfonamides is 1. The summed E-state index contributed by atoms with van der Waals surface area (Å²) in [6.45, 7) is 11.5. The Bertz CT molecular complexity index is 1500. The molecule has 1 amide bonds. The average molecular weight is 675 g/mol. The van der Waals surface area contributed by atoms with Crippen molar-refractivity contribution >= 4 is 21.7 Å². The molecule has 4 aliphatic rings. The number of ether oxygens (including phenoxy) is 3. The standard InChI is InChI=1S/C33H47FN6O6S/c1-4-47(42,43)37-25-6-7-27(45-18-25)17-38-12-10-33(11-13-38)20-39(21-33)31-30(16-35-22-36-31)46-29-8-5-24(34)15-28(29)32(41)40(23(2)3)26-9-14-44-19-26/h5,8,15-16,22-23,25-27,37H,4,6-7,9-14,17-21H2,1-3H3/t25-,26+,27+/m1/s1. The highest BCUT2D eigenvalue weighted by Crippen LogP contribution is 2.45. The molecule has 12 nitrogen and oxygen atoms in total. The number of carbonyl (C=O) groups excluding carboxylic acids is 1. The molecule has 0 saturated carbocycles. The molecule has 3 atom stereocenters. The molecule has 0 aliphatic carbocycles. The quantitative estimate of drug-likeness (QED) is 0.379. The largest absolute Gasteiger partial charge is 0.451 e. The Morgan fingerprint density at radius 1 is 1.17 bits per heavy atom. The van der Waals surface area contributed by atoms with Crippen molar-refractivity contribution in [3.63, 3.8) is 0 Å². The Kier molecular flexibility index (Phi) is 10.3. The molecule has 14 heteroatoms. The van der Waals surface area contributed by atoms with Crippen LogP contribution in [0.15, 0.2) is 30.7 Å². The first-order valence-corrected chi connectivity index (χ1v) is 18.5. The van der Waals surface area contributed by atoms with E-state index in [9.17, 15) is 17.6 Å². The monoisotopic (exact) mass is 674 g/mol. The molecule has 4 saturated heterocycles. The molecule has 5 heterocycles. The third-order valence-corrected chi connectivity index (χ3v) is 11.4. The first kappa shape index (κ1) is 34.0. The number of likely N-dealkylation sites (tertiary alicyclic amines) is 1. The first-order chi connectivity index (χ1) is 22.5. The van der Waals surface area contributed by atoms with Crippen LogP contribution in [0.1, 0.15) is 63.2 Å². The van der Waals surface area contributed by atoms with Gasteiger partial charge in [0.15, 0.2) is 11.6 Å². The fourth-order valence-corrected chi connectivity index (χ4v) is 8.17. The van der Waals surface area contributed by atoms with Crippen LogP contribution in [-0.2, 0) is 19.5 Å². The van der Waals surface area contributed by atoms with E-state index in [4.69, 9.17) is 14.2 Å². The molecular weight excluding hydrogens is 627 g/mol. The van der Waals surface area contributed by atoms with Crippen molar-refractivity contribution < 1.29 is 31.8 Å². The molecule has 4 aliphatic heterocycles. The van der Waals surface area contributed by atoms with E-state index in [-0.39, 0.29) is 52.6 Å². The number of benzene rings is 1. The van der Waals surface area contributed by atoms with E-state index in [1.807, 2.05) is 13.8 Å². The van der Waals surface area contributed by atoms with Crippen LogP contribution in [0.3, 0.4) is 0 Å². The summed E-state index contributed by atoms with van der Waals surface area (Å²) in [7, 11) is -3.23. The van der Waals surface area contributed by atoms with E-state index in [0.29, 0.717) is 31.4 Å².